The van der Waals surface area contributed by atoms with Gasteiger partial charge in [-0.2, -0.15) is 12.7 Å². The van der Waals surface area contributed by atoms with Gasteiger partial charge in [-0.25, -0.2) is 8.42 Å². The lowest BCUT2D eigenvalue weighted by molar-refractivity contribution is 0.527. The van der Waals surface area contributed by atoms with Crippen LogP contribution in [-0.2, 0) is 20.2 Å². The van der Waals surface area contributed by atoms with Crippen molar-refractivity contribution >= 4 is 31.6 Å². The lowest BCUT2D eigenvalue weighted by Crippen LogP contribution is -2.28. The van der Waals surface area contributed by atoms with Crippen molar-refractivity contribution in [1.82, 2.24) is 4.31 Å². The molecule has 0 unspecified atom stereocenters. The number of rotatable bonds is 7. The minimum atomic E-state index is -3.78. The molecule has 0 amide bonds. The van der Waals surface area contributed by atoms with E-state index < -0.39 is 20.2 Å². The number of hydrogen-bond donors (Lipinski definition) is 2. The molecule has 2 aromatic carbocycles. The largest absolute Gasteiger partial charge is 0.301 e. The number of nitrogens with one attached hydrogen (secondary N) is 2. The molecule has 0 aliphatic heterocycles. The highest BCUT2D eigenvalue weighted by Gasteiger charge is 2.18. The topological polar surface area (TPSA) is 95.6 Å². The molecule has 0 aliphatic rings. The van der Waals surface area contributed by atoms with E-state index in [0.717, 1.165) is 9.87 Å². The number of hydrogen-bond acceptors (Lipinski definition) is 4. The van der Waals surface area contributed by atoms with Crippen LogP contribution in [0.25, 0.3) is 0 Å². The van der Waals surface area contributed by atoms with Gasteiger partial charge in [0.1, 0.15) is 0 Å². The average Bonchev–Trinajstić information content (AvgIpc) is 2.54. The van der Waals surface area contributed by atoms with Gasteiger partial charge in [-0.3, -0.25) is 9.44 Å². The summed E-state index contributed by atoms with van der Waals surface area (Å²) in [6.07, 6.45) is 0. The van der Waals surface area contributed by atoms with E-state index in [0.29, 0.717) is 5.69 Å². The number of para-hydroxylation sites is 1. The minimum absolute atomic E-state index is 0.0452. The normalized spacial score (nSPS) is 12.4. The molecule has 0 fully saturated rings. The third kappa shape index (κ3) is 4.75. The van der Waals surface area contributed by atoms with Crippen LogP contribution in [0.5, 0.6) is 0 Å². The van der Waals surface area contributed by atoms with E-state index in [-0.39, 0.29) is 16.5 Å². The number of benzene rings is 2. The zero-order chi connectivity index (χ0) is 19.5. The van der Waals surface area contributed by atoms with E-state index in [4.69, 9.17) is 0 Å². The third-order valence-electron chi connectivity index (χ3n) is 3.72. The van der Waals surface area contributed by atoms with Crippen LogP contribution in [-0.4, -0.2) is 35.2 Å². The third-order valence-corrected chi connectivity index (χ3v) is 6.56. The second-order valence-electron chi connectivity index (χ2n) is 6.26. The van der Waals surface area contributed by atoms with Crippen LogP contribution in [0.2, 0.25) is 0 Å². The van der Waals surface area contributed by atoms with Crippen LogP contribution < -0.4 is 9.44 Å². The number of anilines is 2. The molecule has 0 radical (unpaired) electrons. The first-order chi connectivity index (χ1) is 12.0. The summed E-state index contributed by atoms with van der Waals surface area (Å²) in [5.41, 5.74) is 1.70. The van der Waals surface area contributed by atoms with Gasteiger partial charge in [-0.1, -0.05) is 32.0 Å². The maximum atomic E-state index is 12.6. The molecule has 2 N–H and O–H groups in total. The van der Waals surface area contributed by atoms with Crippen LogP contribution in [0.4, 0.5) is 11.4 Å². The second-order valence-corrected chi connectivity index (χ2v) is 9.83. The summed E-state index contributed by atoms with van der Waals surface area (Å²) in [6.45, 7) is 3.97. The van der Waals surface area contributed by atoms with Crippen molar-refractivity contribution in [2.24, 2.45) is 0 Å². The standard InChI is InChI=1S/C17H23N3O4S2/c1-13(2)16-7-5-6-8-17(16)19-25(21,22)15-11-9-14(10-12-15)18-26(23,24)20(3)4/h5-13,18-19H,1-4H3. The fraction of sp³-hybridized carbons (Fsp3) is 0.294. The summed E-state index contributed by atoms with van der Waals surface area (Å²) < 4.78 is 54.8. The summed E-state index contributed by atoms with van der Waals surface area (Å²) >= 11 is 0. The molecule has 9 heteroatoms. The first-order valence-corrected chi connectivity index (χ1v) is 10.9. The summed E-state index contributed by atoms with van der Waals surface area (Å²) in [5.74, 6) is 0.164. The molecule has 0 heterocycles. The fourth-order valence-corrected chi connectivity index (χ4v) is 3.94. The molecule has 142 valence electrons. The summed E-state index contributed by atoms with van der Waals surface area (Å²) in [6, 6.07) is 12.7. The molecular weight excluding hydrogens is 374 g/mol. The zero-order valence-corrected chi connectivity index (χ0v) is 16.7. The fourth-order valence-electron chi connectivity index (χ4n) is 2.24. The molecule has 0 saturated heterocycles. The van der Waals surface area contributed by atoms with Crippen molar-refractivity contribution in [1.29, 1.82) is 0 Å². The van der Waals surface area contributed by atoms with Crippen molar-refractivity contribution in [3.63, 3.8) is 0 Å². The van der Waals surface area contributed by atoms with Gasteiger partial charge >= 0.3 is 10.2 Å². The van der Waals surface area contributed by atoms with E-state index in [1.165, 1.54) is 38.4 Å². The van der Waals surface area contributed by atoms with Gasteiger partial charge in [0, 0.05) is 19.8 Å². The monoisotopic (exact) mass is 397 g/mol. The van der Waals surface area contributed by atoms with Crippen molar-refractivity contribution in [2.75, 3.05) is 23.5 Å². The van der Waals surface area contributed by atoms with Gasteiger partial charge in [0.15, 0.2) is 0 Å². The zero-order valence-electron chi connectivity index (χ0n) is 15.1. The van der Waals surface area contributed by atoms with E-state index in [9.17, 15) is 16.8 Å². The van der Waals surface area contributed by atoms with Gasteiger partial charge in [-0.15, -0.1) is 0 Å². The molecular formula is C17H23N3O4S2. The molecule has 0 spiro atoms. The quantitative estimate of drug-likeness (QED) is 0.751. The van der Waals surface area contributed by atoms with Gasteiger partial charge < -0.3 is 0 Å². The highest BCUT2D eigenvalue weighted by atomic mass is 32.2. The van der Waals surface area contributed by atoms with E-state index in [1.54, 1.807) is 12.1 Å². The van der Waals surface area contributed by atoms with E-state index >= 15 is 0 Å². The van der Waals surface area contributed by atoms with Crippen LogP contribution in [0.1, 0.15) is 25.3 Å². The Hall–Kier alpha value is -2.10. The Labute approximate surface area is 155 Å². The Morgan fingerprint density at radius 1 is 0.846 bits per heavy atom. The predicted octanol–water partition coefficient (Wildman–Crippen LogP) is 2.83. The molecule has 0 aliphatic carbocycles. The molecule has 0 bridgehead atoms. The Balaban J connectivity index is 2.26. The molecule has 26 heavy (non-hydrogen) atoms. The maximum Gasteiger partial charge on any atom is 0.301 e. The molecule has 2 rings (SSSR count). The first kappa shape index (κ1) is 20.2. The van der Waals surface area contributed by atoms with Crippen LogP contribution in [0.3, 0.4) is 0 Å². The van der Waals surface area contributed by atoms with Gasteiger partial charge in [0.05, 0.1) is 10.6 Å². The van der Waals surface area contributed by atoms with Crippen LogP contribution in [0.15, 0.2) is 53.4 Å². The summed E-state index contributed by atoms with van der Waals surface area (Å²) in [5, 5.41) is 0. The number of sulfonamides is 1. The van der Waals surface area contributed by atoms with Gasteiger partial charge in [0.2, 0.25) is 0 Å². The second kappa shape index (κ2) is 7.65. The Bertz CT molecular complexity index is 967. The van der Waals surface area contributed by atoms with Crippen LogP contribution in [0, 0.1) is 0 Å². The average molecular weight is 398 g/mol. The smallest absolute Gasteiger partial charge is 0.279 e. The SMILES string of the molecule is CC(C)c1ccccc1NS(=O)(=O)c1ccc(NS(=O)(=O)N(C)C)cc1. The summed E-state index contributed by atoms with van der Waals surface area (Å²) in [4.78, 5) is 0.0452. The molecule has 2 aromatic rings. The van der Waals surface area contributed by atoms with Crippen molar-refractivity contribution in [3.05, 3.63) is 54.1 Å². The highest BCUT2D eigenvalue weighted by Crippen LogP contribution is 2.26. The highest BCUT2D eigenvalue weighted by molar-refractivity contribution is 7.92. The molecule has 0 aromatic heterocycles. The van der Waals surface area contributed by atoms with Crippen molar-refractivity contribution in [2.45, 2.75) is 24.7 Å². The van der Waals surface area contributed by atoms with Crippen molar-refractivity contribution < 1.29 is 16.8 Å². The lowest BCUT2D eigenvalue weighted by atomic mass is 10.0. The number of nitrogens with zero attached hydrogens (tertiary/aromatic N) is 1. The Morgan fingerprint density at radius 3 is 1.96 bits per heavy atom. The molecule has 0 atom stereocenters. The first-order valence-electron chi connectivity index (χ1n) is 7.95. The van der Waals surface area contributed by atoms with Crippen LogP contribution >= 0.6 is 0 Å². The molecule has 0 saturated carbocycles. The van der Waals surface area contributed by atoms with E-state index in [2.05, 4.69) is 9.44 Å². The van der Waals surface area contributed by atoms with E-state index in [1.807, 2.05) is 26.0 Å². The van der Waals surface area contributed by atoms with Gasteiger partial charge in [0.25, 0.3) is 10.0 Å². The Morgan fingerprint density at radius 2 is 1.42 bits per heavy atom. The molecule has 7 nitrogen and oxygen atoms in total. The van der Waals surface area contributed by atoms with Gasteiger partial charge in [-0.05, 0) is 41.8 Å². The lowest BCUT2D eigenvalue weighted by Gasteiger charge is -2.16. The minimum Gasteiger partial charge on any atom is -0.279 e. The maximum absolute atomic E-state index is 12.6. The summed E-state index contributed by atoms with van der Waals surface area (Å²) in [7, 11) is -4.63. The van der Waals surface area contributed by atoms with Crippen molar-refractivity contribution in [3.8, 4) is 0 Å². The Kier molecular flexibility index (Phi) is 5.94. The predicted molar refractivity (Wildman–Crippen MR) is 104 cm³/mol.